The molecule has 0 amide bonds. The van der Waals surface area contributed by atoms with Crippen LogP contribution in [0.4, 0.5) is 0 Å². The quantitative estimate of drug-likeness (QED) is 0.840. The number of nitrogens with zero attached hydrogens (tertiary/aromatic N) is 1. The number of carboxylic acids is 1. The Hall–Kier alpha value is -2.14. The lowest BCUT2D eigenvalue weighted by atomic mass is 10.2. The fourth-order valence-corrected chi connectivity index (χ4v) is 1.95. The van der Waals surface area contributed by atoms with Crippen molar-refractivity contribution < 1.29 is 19.4 Å². The van der Waals surface area contributed by atoms with Gasteiger partial charge in [-0.1, -0.05) is 18.2 Å². The maximum Gasteiger partial charge on any atom is 0.332 e. The number of carbonyl (C=O) groups is 1. The topological polar surface area (TPSA) is 68.7 Å². The third-order valence-corrected chi connectivity index (χ3v) is 2.88. The van der Waals surface area contributed by atoms with E-state index in [9.17, 15) is 4.79 Å². The number of hydrogen-bond acceptors (Lipinski definition) is 4. The first-order valence-electron chi connectivity index (χ1n) is 6.53. The van der Waals surface area contributed by atoms with Crippen LogP contribution in [0.1, 0.15) is 13.3 Å². The van der Waals surface area contributed by atoms with E-state index < -0.39 is 12.1 Å². The molecule has 5 heteroatoms. The standard InChI is InChI=1S/C15H17NO4/c1-2-19-13(15(17)18)8-10-20-12-7-3-5-11-6-4-9-16-14(11)12/h3-7,9,13H,2,8,10H2,1H3,(H,17,18). The Bertz CT molecular complexity index is 580. The smallest absolute Gasteiger partial charge is 0.332 e. The number of ether oxygens (including phenoxy) is 2. The van der Waals surface area contributed by atoms with Crippen molar-refractivity contribution in [3.05, 3.63) is 36.5 Å². The molecular formula is C15H17NO4. The summed E-state index contributed by atoms with van der Waals surface area (Å²) in [5.74, 6) is -0.310. The summed E-state index contributed by atoms with van der Waals surface area (Å²) in [6, 6.07) is 9.48. The van der Waals surface area contributed by atoms with Gasteiger partial charge in [0, 0.05) is 24.6 Å². The average molecular weight is 275 g/mol. The van der Waals surface area contributed by atoms with Gasteiger partial charge in [0.1, 0.15) is 11.3 Å². The zero-order valence-electron chi connectivity index (χ0n) is 11.3. The summed E-state index contributed by atoms with van der Waals surface area (Å²) in [4.78, 5) is 15.2. The third kappa shape index (κ3) is 3.45. The van der Waals surface area contributed by atoms with E-state index in [1.165, 1.54) is 0 Å². The molecule has 0 spiro atoms. The van der Waals surface area contributed by atoms with Gasteiger partial charge in [-0.3, -0.25) is 4.98 Å². The number of aliphatic carboxylic acids is 1. The lowest BCUT2D eigenvalue weighted by Gasteiger charge is -2.13. The predicted molar refractivity (Wildman–Crippen MR) is 74.9 cm³/mol. The maximum atomic E-state index is 11.0. The molecule has 2 aromatic rings. The van der Waals surface area contributed by atoms with Crippen LogP contribution < -0.4 is 4.74 Å². The Kier molecular flexibility index (Phi) is 4.90. The minimum absolute atomic E-state index is 0.270. The monoisotopic (exact) mass is 275 g/mol. The Balaban J connectivity index is 2.01. The van der Waals surface area contributed by atoms with Gasteiger partial charge in [-0.25, -0.2) is 4.79 Å². The van der Waals surface area contributed by atoms with E-state index in [-0.39, 0.29) is 6.61 Å². The zero-order chi connectivity index (χ0) is 14.4. The van der Waals surface area contributed by atoms with Gasteiger partial charge in [0.2, 0.25) is 0 Å². The van der Waals surface area contributed by atoms with Crippen LogP contribution in [0.5, 0.6) is 5.75 Å². The Morgan fingerprint density at radius 1 is 1.35 bits per heavy atom. The number of pyridine rings is 1. The van der Waals surface area contributed by atoms with Crippen LogP contribution in [0, 0.1) is 0 Å². The molecule has 1 atom stereocenters. The summed E-state index contributed by atoms with van der Waals surface area (Å²) in [7, 11) is 0. The minimum Gasteiger partial charge on any atom is -0.491 e. The number of hydrogen-bond donors (Lipinski definition) is 1. The largest absolute Gasteiger partial charge is 0.491 e. The van der Waals surface area contributed by atoms with Gasteiger partial charge in [0.25, 0.3) is 0 Å². The van der Waals surface area contributed by atoms with Crippen molar-refractivity contribution in [3.63, 3.8) is 0 Å². The highest BCUT2D eigenvalue weighted by molar-refractivity contribution is 5.84. The van der Waals surface area contributed by atoms with E-state index in [0.717, 1.165) is 10.9 Å². The van der Waals surface area contributed by atoms with E-state index in [4.69, 9.17) is 14.6 Å². The fourth-order valence-electron chi connectivity index (χ4n) is 1.95. The summed E-state index contributed by atoms with van der Waals surface area (Å²) in [5.41, 5.74) is 0.776. The van der Waals surface area contributed by atoms with Crippen LogP contribution in [0.3, 0.4) is 0 Å². The van der Waals surface area contributed by atoms with Gasteiger partial charge in [0.15, 0.2) is 6.10 Å². The van der Waals surface area contributed by atoms with Crippen molar-refractivity contribution in [2.75, 3.05) is 13.2 Å². The number of aromatic nitrogens is 1. The molecular weight excluding hydrogens is 258 g/mol. The van der Waals surface area contributed by atoms with Crippen LogP contribution in [0.25, 0.3) is 10.9 Å². The molecule has 0 aliphatic carbocycles. The van der Waals surface area contributed by atoms with Crippen LogP contribution in [0.15, 0.2) is 36.5 Å². The van der Waals surface area contributed by atoms with Crippen molar-refractivity contribution in [1.29, 1.82) is 0 Å². The lowest BCUT2D eigenvalue weighted by Crippen LogP contribution is -2.26. The number of rotatable bonds is 7. The minimum atomic E-state index is -0.966. The highest BCUT2D eigenvalue weighted by Gasteiger charge is 2.17. The molecule has 0 fully saturated rings. The SMILES string of the molecule is CCOC(CCOc1cccc2cccnc12)C(=O)O. The summed E-state index contributed by atoms with van der Waals surface area (Å²) in [6.07, 6.45) is 1.17. The molecule has 0 radical (unpaired) electrons. The molecule has 1 aromatic heterocycles. The first-order valence-corrected chi connectivity index (χ1v) is 6.53. The first kappa shape index (κ1) is 14.3. The van der Waals surface area contributed by atoms with Crippen molar-refractivity contribution in [2.24, 2.45) is 0 Å². The van der Waals surface area contributed by atoms with Gasteiger partial charge >= 0.3 is 5.97 Å². The molecule has 0 saturated heterocycles. The maximum absolute atomic E-state index is 11.0. The van der Waals surface area contributed by atoms with E-state index in [0.29, 0.717) is 18.8 Å². The molecule has 0 bridgehead atoms. The average Bonchev–Trinajstić information content (AvgIpc) is 2.46. The molecule has 1 heterocycles. The normalized spacial score (nSPS) is 12.2. The van der Waals surface area contributed by atoms with Gasteiger partial charge in [-0.05, 0) is 19.1 Å². The molecule has 5 nitrogen and oxygen atoms in total. The van der Waals surface area contributed by atoms with Crippen molar-refractivity contribution >= 4 is 16.9 Å². The first-order chi connectivity index (χ1) is 9.72. The number of para-hydroxylation sites is 1. The molecule has 2 rings (SSSR count). The molecule has 1 unspecified atom stereocenters. The number of fused-ring (bicyclic) bond motifs is 1. The number of carboxylic acid groups (broad SMARTS) is 1. The lowest BCUT2D eigenvalue weighted by molar-refractivity contribution is -0.150. The second-order valence-corrected chi connectivity index (χ2v) is 4.25. The van der Waals surface area contributed by atoms with Crippen molar-refractivity contribution in [1.82, 2.24) is 4.98 Å². The number of benzene rings is 1. The van der Waals surface area contributed by atoms with Crippen molar-refractivity contribution in [3.8, 4) is 5.75 Å². The molecule has 0 aliphatic heterocycles. The molecule has 0 saturated carbocycles. The van der Waals surface area contributed by atoms with E-state index >= 15 is 0 Å². The predicted octanol–water partition coefficient (Wildman–Crippen LogP) is 2.49. The Morgan fingerprint density at radius 2 is 2.15 bits per heavy atom. The molecule has 0 aliphatic rings. The highest BCUT2D eigenvalue weighted by atomic mass is 16.5. The highest BCUT2D eigenvalue weighted by Crippen LogP contribution is 2.23. The van der Waals surface area contributed by atoms with Crippen LogP contribution in [-0.4, -0.2) is 35.4 Å². The zero-order valence-corrected chi connectivity index (χ0v) is 11.3. The molecule has 106 valence electrons. The molecule has 20 heavy (non-hydrogen) atoms. The summed E-state index contributed by atoms with van der Waals surface area (Å²) >= 11 is 0. The second kappa shape index (κ2) is 6.86. The van der Waals surface area contributed by atoms with Crippen LogP contribution >= 0.6 is 0 Å². The van der Waals surface area contributed by atoms with E-state index in [1.54, 1.807) is 13.1 Å². The molecule has 1 N–H and O–H groups in total. The van der Waals surface area contributed by atoms with Gasteiger partial charge in [-0.2, -0.15) is 0 Å². The third-order valence-electron chi connectivity index (χ3n) is 2.88. The Morgan fingerprint density at radius 3 is 2.90 bits per heavy atom. The fraction of sp³-hybridized carbons (Fsp3) is 0.333. The second-order valence-electron chi connectivity index (χ2n) is 4.25. The van der Waals surface area contributed by atoms with Crippen LogP contribution in [0.2, 0.25) is 0 Å². The van der Waals surface area contributed by atoms with Gasteiger partial charge < -0.3 is 14.6 Å². The summed E-state index contributed by atoms with van der Waals surface area (Å²) in [5, 5.41) is 9.97. The van der Waals surface area contributed by atoms with E-state index in [1.807, 2.05) is 30.3 Å². The van der Waals surface area contributed by atoms with E-state index in [2.05, 4.69) is 4.98 Å². The summed E-state index contributed by atoms with van der Waals surface area (Å²) in [6.45, 7) is 2.41. The summed E-state index contributed by atoms with van der Waals surface area (Å²) < 4.78 is 10.8. The van der Waals surface area contributed by atoms with Gasteiger partial charge in [-0.15, -0.1) is 0 Å². The van der Waals surface area contributed by atoms with Gasteiger partial charge in [0.05, 0.1) is 6.61 Å². The van der Waals surface area contributed by atoms with Crippen LogP contribution in [-0.2, 0) is 9.53 Å². The molecule has 1 aromatic carbocycles. The Labute approximate surface area is 117 Å². The van der Waals surface area contributed by atoms with Crippen molar-refractivity contribution in [2.45, 2.75) is 19.4 Å².